The Labute approximate surface area is 179 Å². The Morgan fingerprint density at radius 2 is 1.58 bits per heavy atom. The number of nitrogens with zero attached hydrogens (tertiary/aromatic N) is 2. The van der Waals surface area contributed by atoms with E-state index >= 15 is 0 Å². The van der Waals surface area contributed by atoms with Gasteiger partial charge in [-0.2, -0.15) is 5.26 Å². The van der Waals surface area contributed by atoms with Crippen LogP contribution in [0.2, 0.25) is 0 Å². The number of benzene rings is 3. The van der Waals surface area contributed by atoms with Crippen LogP contribution in [0.15, 0.2) is 101 Å². The lowest BCUT2D eigenvalue weighted by Gasteiger charge is -2.28. The van der Waals surface area contributed by atoms with Crippen LogP contribution in [0.3, 0.4) is 0 Å². The lowest BCUT2D eigenvalue weighted by Crippen LogP contribution is -2.32. The van der Waals surface area contributed by atoms with E-state index in [1.807, 2.05) is 84.9 Å². The smallest absolute Gasteiger partial charge is 0.259 e. The molecule has 4 aromatic rings. The summed E-state index contributed by atoms with van der Waals surface area (Å²) in [4.78, 5) is 13.9. The van der Waals surface area contributed by atoms with Crippen molar-refractivity contribution in [3.8, 4) is 11.8 Å². The zero-order chi connectivity index (χ0) is 21.4. The van der Waals surface area contributed by atoms with Crippen molar-refractivity contribution in [1.29, 1.82) is 5.26 Å². The molecule has 0 saturated carbocycles. The number of allylic oxidation sites excluding steroid dienone is 1. The van der Waals surface area contributed by atoms with E-state index in [-0.39, 0.29) is 17.0 Å². The average molecular weight is 405 g/mol. The number of aromatic nitrogens is 1. The van der Waals surface area contributed by atoms with Crippen molar-refractivity contribution in [2.45, 2.75) is 12.5 Å². The second kappa shape index (κ2) is 7.51. The van der Waals surface area contributed by atoms with Crippen LogP contribution in [-0.4, -0.2) is 4.57 Å². The number of hydrogen-bond acceptors (Lipinski definition) is 4. The van der Waals surface area contributed by atoms with Crippen molar-refractivity contribution in [2.75, 3.05) is 0 Å². The lowest BCUT2D eigenvalue weighted by molar-refractivity contribution is 0.395. The van der Waals surface area contributed by atoms with Gasteiger partial charge in [-0.25, -0.2) is 0 Å². The van der Waals surface area contributed by atoms with Crippen molar-refractivity contribution < 1.29 is 4.74 Å². The summed E-state index contributed by atoms with van der Waals surface area (Å²) in [6.45, 7) is 0.413. The van der Waals surface area contributed by atoms with Gasteiger partial charge in [0.2, 0.25) is 5.88 Å². The maximum absolute atomic E-state index is 13.9. The highest BCUT2D eigenvalue weighted by Crippen LogP contribution is 2.43. The Hall–Kier alpha value is -4.30. The van der Waals surface area contributed by atoms with Crippen LogP contribution < -0.4 is 16.0 Å². The van der Waals surface area contributed by atoms with Gasteiger partial charge in [-0.3, -0.25) is 4.79 Å². The first-order valence-electron chi connectivity index (χ1n) is 10.0. The topological polar surface area (TPSA) is 81.0 Å². The molecule has 0 fully saturated rings. The fraction of sp³-hybridized carbons (Fsp3) is 0.0769. The minimum atomic E-state index is -0.589. The maximum atomic E-state index is 13.9. The van der Waals surface area contributed by atoms with Gasteiger partial charge in [0, 0.05) is 5.39 Å². The van der Waals surface area contributed by atoms with Crippen LogP contribution in [0, 0.1) is 11.3 Å². The third-order valence-corrected chi connectivity index (χ3v) is 5.65. The fourth-order valence-corrected chi connectivity index (χ4v) is 4.24. The zero-order valence-electron chi connectivity index (χ0n) is 16.7. The second-order valence-electron chi connectivity index (χ2n) is 7.47. The molecule has 0 saturated heterocycles. The molecule has 2 N–H and O–H groups in total. The molecule has 1 aliphatic heterocycles. The van der Waals surface area contributed by atoms with Crippen LogP contribution in [-0.2, 0) is 6.54 Å². The summed E-state index contributed by atoms with van der Waals surface area (Å²) < 4.78 is 7.66. The van der Waals surface area contributed by atoms with Gasteiger partial charge in [0.25, 0.3) is 5.56 Å². The number of ether oxygens (including phenoxy) is 1. The summed E-state index contributed by atoms with van der Waals surface area (Å²) in [5, 5.41) is 10.6. The van der Waals surface area contributed by atoms with Crippen molar-refractivity contribution in [3.05, 3.63) is 123 Å². The normalized spacial score (nSPS) is 15.3. The summed E-state index contributed by atoms with van der Waals surface area (Å²) in [5.41, 5.74) is 9.25. The predicted molar refractivity (Wildman–Crippen MR) is 119 cm³/mol. The van der Waals surface area contributed by atoms with Crippen molar-refractivity contribution in [3.63, 3.8) is 0 Å². The molecule has 0 aliphatic carbocycles. The Bertz CT molecular complexity index is 1410. The molecule has 2 heterocycles. The second-order valence-corrected chi connectivity index (χ2v) is 7.47. The molecule has 0 spiro atoms. The summed E-state index contributed by atoms with van der Waals surface area (Å²) in [7, 11) is 0. The molecule has 0 unspecified atom stereocenters. The SMILES string of the molecule is N#CC1=C(N)Oc2c(c(=O)n(Cc3ccccc3)c3ccccc23)[C@H]1c1ccccc1. The summed E-state index contributed by atoms with van der Waals surface area (Å²) in [5.74, 6) is -0.126. The zero-order valence-corrected chi connectivity index (χ0v) is 16.7. The Kier molecular flexibility index (Phi) is 4.53. The molecule has 5 heteroatoms. The monoisotopic (exact) mass is 405 g/mol. The van der Waals surface area contributed by atoms with E-state index in [4.69, 9.17) is 10.5 Å². The molecule has 1 atom stereocenters. The van der Waals surface area contributed by atoms with Gasteiger partial charge in [-0.05, 0) is 23.3 Å². The van der Waals surface area contributed by atoms with Crippen molar-refractivity contribution >= 4 is 10.9 Å². The third-order valence-electron chi connectivity index (χ3n) is 5.65. The summed E-state index contributed by atoms with van der Waals surface area (Å²) in [6.07, 6.45) is 0. The molecule has 0 radical (unpaired) electrons. The van der Waals surface area contributed by atoms with Crippen LogP contribution in [0.1, 0.15) is 22.6 Å². The third kappa shape index (κ3) is 3.06. The number of nitrogens with two attached hydrogens (primary N) is 1. The van der Waals surface area contributed by atoms with Crippen molar-refractivity contribution in [2.24, 2.45) is 5.73 Å². The predicted octanol–water partition coefficient (Wildman–Crippen LogP) is 4.27. The number of fused-ring (bicyclic) bond motifs is 3. The van der Waals surface area contributed by atoms with E-state index in [1.165, 1.54) is 0 Å². The van der Waals surface area contributed by atoms with Gasteiger partial charge in [0.05, 0.1) is 23.5 Å². The van der Waals surface area contributed by atoms with Gasteiger partial charge in [-0.15, -0.1) is 0 Å². The lowest BCUT2D eigenvalue weighted by atomic mass is 9.83. The van der Waals surface area contributed by atoms with Gasteiger partial charge in [0.1, 0.15) is 17.4 Å². The van der Waals surface area contributed by atoms with E-state index in [1.54, 1.807) is 4.57 Å². The standard InChI is InChI=1S/C26H19N3O2/c27-15-20-22(18-11-5-2-6-12-18)23-24(31-25(20)28)19-13-7-8-14-21(19)29(26(23)30)16-17-9-3-1-4-10-17/h1-14,22H,16,28H2/t22-/m0/s1. The largest absolute Gasteiger partial charge is 0.439 e. The van der Waals surface area contributed by atoms with E-state index in [9.17, 15) is 10.1 Å². The Morgan fingerprint density at radius 1 is 0.935 bits per heavy atom. The minimum Gasteiger partial charge on any atom is -0.439 e. The highest BCUT2D eigenvalue weighted by atomic mass is 16.5. The van der Waals surface area contributed by atoms with Gasteiger partial charge >= 0.3 is 0 Å². The average Bonchev–Trinajstić information content (AvgIpc) is 2.82. The van der Waals surface area contributed by atoms with Gasteiger partial charge in [-0.1, -0.05) is 72.8 Å². The molecule has 150 valence electrons. The number of hydrogen-bond donors (Lipinski definition) is 1. The highest BCUT2D eigenvalue weighted by molar-refractivity contribution is 5.88. The van der Waals surface area contributed by atoms with E-state index < -0.39 is 5.92 Å². The molecule has 31 heavy (non-hydrogen) atoms. The molecule has 0 bridgehead atoms. The van der Waals surface area contributed by atoms with Crippen LogP contribution >= 0.6 is 0 Å². The van der Waals surface area contributed by atoms with Crippen LogP contribution in [0.4, 0.5) is 0 Å². The molecule has 0 amide bonds. The molecule has 5 nitrogen and oxygen atoms in total. The number of rotatable bonds is 3. The van der Waals surface area contributed by atoms with E-state index in [0.717, 1.165) is 22.0 Å². The molecule has 1 aliphatic rings. The van der Waals surface area contributed by atoms with Crippen LogP contribution in [0.5, 0.6) is 5.75 Å². The van der Waals surface area contributed by atoms with Gasteiger partial charge < -0.3 is 15.0 Å². The Balaban J connectivity index is 1.85. The van der Waals surface area contributed by atoms with Crippen LogP contribution in [0.25, 0.3) is 10.9 Å². The quantitative estimate of drug-likeness (QED) is 0.552. The number of nitriles is 1. The number of para-hydroxylation sites is 1. The van der Waals surface area contributed by atoms with Gasteiger partial charge in [0.15, 0.2) is 0 Å². The fourth-order valence-electron chi connectivity index (χ4n) is 4.24. The summed E-state index contributed by atoms with van der Waals surface area (Å²) in [6, 6.07) is 29.1. The van der Waals surface area contributed by atoms with E-state index in [0.29, 0.717) is 17.9 Å². The minimum absolute atomic E-state index is 0.0363. The molecular weight excluding hydrogens is 386 g/mol. The molecular formula is C26H19N3O2. The van der Waals surface area contributed by atoms with E-state index in [2.05, 4.69) is 6.07 Å². The maximum Gasteiger partial charge on any atom is 0.259 e. The molecule has 3 aromatic carbocycles. The first kappa shape index (κ1) is 18.7. The first-order valence-corrected chi connectivity index (χ1v) is 10.0. The highest BCUT2D eigenvalue weighted by Gasteiger charge is 2.35. The summed E-state index contributed by atoms with van der Waals surface area (Å²) >= 11 is 0. The first-order chi connectivity index (χ1) is 15.2. The Morgan fingerprint density at radius 3 is 2.29 bits per heavy atom. The van der Waals surface area contributed by atoms with Crippen molar-refractivity contribution in [1.82, 2.24) is 4.57 Å². The number of pyridine rings is 1. The molecule has 5 rings (SSSR count). The molecule has 1 aromatic heterocycles.